The van der Waals surface area contributed by atoms with Crippen LogP contribution in [-0.4, -0.2) is 9.97 Å². The Morgan fingerprint density at radius 3 is 2.09 bits per heavy atom. The second-order valence-corrected chi connectivity index (χ2v) is 15.4. The Morgan fingerprint density at radius 2 is 1.29 bits per heavy atom. The molecule has 3 nitrogen and oxygen atoms in total. The van der Waals surface area contributed by atoms with Gasteiger partial charge in [0.1, 0.15) is 11.5 Å². The van der Waals surface area contributed by atoms with Crippen molar-refractivity contribution in [2.75, 3.05) is 0 Å². The van der Waals surface area contributed by atoms with Gasteiger partial charge < -0.3 is 4.74 Å². The van der Waals surface area contributed by atoms with Crippen LogP contribution in [0.3, 0.4) is 0 Å². The van der Waals surface area contributed by atoms with Crippen molar-refractivity contribution >= 4 is 16.7 Å². The van der Waals surface area contributed by atoms with Gasteiger partial charge in [-0.3, -0.25) is 0 Å². The van der Waals surface area contributed by atoms with Crippen LogP contribution in [0.5, 0.6) is 11.5 Å². The molecule has 0 N–H and O–H groups in total. The highest BCUT2D eigenvalue weighted by molar-refractivity contribution is 5.99. The lowest BCUT2D eigenvalue weighted by Gasteiger charge is -2.40. The molecule has 1 aliphatic heterocycles. The summed E-state index contributed by atoms with van der Waals surface area (Å²) in [6.45, 7) is 0. The van der Waals surface area contributed by atoms with Crippen LogP contribution < -0.4 is 4.74 Å². The second kappa shape index (κ2) is 13.3. The second-order valence-electron chi connectivity index (χ2n) is 15.4. The number of hydrogen-bond donors (Lipinski definition) is 0. The van der Waals surface area contributed by atoms with E-state index < -0.39 is 5.41 Å². The van der Waals surface area contributed by atoms with Gasteiger partial charge in [-0.05, 0) is 88.6 Å². The summed E-state index contributed by atoms with van der Waals surface area (Å²) in [4.78, 5) is 10.7. The van der Waals surface area contributed by atoms with Crippen molar-refractivity contribution in [2.24, 2.45) is 11.8 Å². The Morgan fingerprint density at radius 1 is 0.589 bits per heavy atom. The lowest BCUT2D eigenvalue weighted by atomic mass is 9.65. The van der Waals surface area contributed by atoms with Crippen molar-refractivity contribution in [1.82, 2.24) is 9.97 Å². The fourth-order valence-corrected chi connectivity index (χ4v) is 9.97. The number of para-hydroxylation sites is 2. The molecule has 5 aromatic carbocycles. The number of aromatic nitrogens is 2. The molecule has 268 valence electrons. The highest BCUT2D eigenvalue weighted by atomic mass is 16.5. The molecule has 0 bridgehead atoms. The zero-order chi connectivity index (χ0) is 37.1. The molecule has 0 saturated heterocycles. The van der Waals surface area contributed by atoms with E-state index >= 15 is 0 Å². The van der Waals surface area contributed by atoms with Crippen molar-refractivity contribution in [2.45, 2.75) is 31.1 Å². The molecule has 11 rings (SSSR count). The molecule has 0 radical (unpaired) electrons. The van der Waals surface area contributed by atoms with Crippen molar-refractivity contribution in [3.05, 3.63) is 221 Å². The van der Waals surface area contributed by atoms with Gasteiger partial charge in [0, 0.05) is 22.3 Å². The molecule has 56 heavy (non-hydrogen) atoms. The van der Waals surface area contributed by atoms with E-state index in [-0.39, 0.29) is 0 Å². The maximum Gasteiger partial charge on any atom is 0.160 e. The van der Waals surface area contributed by atoms with Crippen LogP contribution in [0.15, 0.2) is 182 Å². The molecule has 2 heterocycles. The lowest BCUT2D eigenvalue weighted by Crippen LogP contribution is -2.32. The molecule has 3 heteroatoms. The first-order chi connectivity index (χ1) is 27.8. The largest absolute Gasteiger partial charge is 0.456 e. The van der Waals surface area contributed by atoms with Crippen LogP contribution in [0, 0.1) is 11.8 Å². The predicted molar refractivity (Wildman–Crippen MR) is 228 cm³/mol. The Hall–Kier alpha value is -6.58. The van der Waals surface area contributed by atoms with Crippen molar-refractivity contribution in [3.8, 4) is 34.0 Å². The van der Waals surface area contributed by atoms with Crippen LogP contribution >= 0.6 is 0 Å². The molecule has 2 unspecified atom stereocenters. The number of hydrogen-bond acceptors (Lipinski definition) is 3. The molecule has 4 aliphatic carbocycles. The van der Waals surface area contributed by atoms with Gasteiger partial charge in [0.25, 0.3) is 0 Å². The fraction of sp³-hybridized carbons (Fsp3) is 0.132. The minimum atomic E-state index is -0.520. The van der Waals surface area contributed by atoms with Crippen LogP contribution in [-0.2, 0) is 5.41 Å². The number of allylic oxidation sites excluding steroid dienone is 12. The summed E-state index contributed by atoms with van der Waals surface area (Å²) >= 11 is 0. The molecule has 6 aromatic rings. The third-order valence-corrected chi connectivity index (χ3v) is 12.4. The standard InChI is InChI=1S/C53H40N2O/c1-3-18-35(19-4-1)37-22-7-9-26-41(37)48-34-49(55-52(54-48)36-20-5-2-6-21-36)42-27-10-8-23-38(42)43-28-17-32-47-51(43)56-50-33-16-15-31-46(50)53(47)44-29-13-11-24-39(44)40-25-12-14-30-45(40)53/h1-9,11-18,20-21,23-26,28-35,37H,10,19,22,27H2. The van der Waals surface area contributed by atoms with E-state index in [2.05, 4.69) is 182 Å². The third kappa shape index (κ3) is 5.04. The average molecular weight is 721 g/mol. The normalized spacial score (nSPS) is 19.5. The molecule has 1 spiro atoms. The van der Waals surface area contributed by atoms with Gasteiger partial charge in [-0.1, -0.05) is 170 Å². The summed E-state index contributed by atoms with van der Waals surface area (Å²) < 4.78 is 7.13. The zero-order valence-corrected chi connectivity index (χ0v) is 31.1. The molecular weight excluding hydrogens is 681 g/mol. The average Bonchev–Trinajstić information content (AvgIpc) is 3.57. The zero-order valence-electron chi connectivity index (χ0n) is 31.1. The Balaban J connectivity index is 1.14. The van der Waals surface area contributed by atoms with Gasteiger partial charge in [-0.25, -0.2) is 9.97 Å². The van der Waals surface area contributed by atoms with Crippen LogP contribution in [0.1, 0.15) is 64.9 Å². The molecule has 5 aliphatic rings. The molecular formula is C53H40N2O. The number of ether oxygens (including phenoxy) is 1. The molecule has 2 atom stereocenters. The summed E-state index contributed by atoms with van der Waals surface area (Å²) in [5.74, 6) is 3.33. The summed E-state index contributed by atoms with van der Waals surface area (Å²) in [6.07, 6.45) is 24.3. The highest BCUT2D eigenvalue weighted by Gasteiger charge is 2.51. The summed E-state index contributed by atoms with van der Waals surface area (Å²) in [6, 6.07) is 45.9. The summed E-state index contributed by atoms with van der Waals surface area (Å²) in [5.41, 5.74) is 14.7. The Labute approximate surface area is 328 Å². The number of rotatable bonds is 5. The van der Waals surface area contributed by atoms with E-state index in [1.165, 1.54) is 44.5 Å². The van der Waals surface area contributed by atoms with Gasteiger partial charge in [0.15, 0.2) is 5.82 Å². The quantitative estimate of drug-likeness (QED) is 0.178. The fourth-order valence-electron chi connectivity index (χ4n) is 9.97. The monoisotopic (exact) mass is 720 g/mol. The van der Waals surface area contributed by atoms with Gasteiger partial charge in [-0.15, -0.1) is 0 Å². The maximum absolute atomic E-state index is 7.13. The van der Waals surface area contributed by atoms with Gasteiger partial charge in [0.2, 0.25) is 0 Å². The first-order valence-corrected chi connectivity index (χ1v) is 19.9. The minimum absolute atomic E-state index is 0.343. The lowest BCUT2D eigenvalue weighted by molar-refractivity contribution is 0.435. The van der Waals surface area contributed by atoms with E-state index in [1.54, 1.807) is 0 Å². The number of fused-ring (bicyclic) bond motifs is 9. The maximum atomic E-state index is 7.13. The SMILES string of the molecule is C1=CCC(C2CC=CC=C2c2cc(C3=C(c4cccc5c4Oc4ccccc4C54c5ccccc5-c5ccccc54)C=CCC3)nc(-c3ccccc3)n2)C=C1. The molecule has 0 saturated carbocycles. The smallest absolute Gasteiger partial charge is 0.160 e. The van der Waals surface area contributed by atoms with E-state index in [4.69, 9.17) is 14.7 Å². The molecule has 0 amide bonds. The Kier molecular flexibility index (Phi) is 7.80. The van der Waals surface area contributed by atoms with E-state index in [0.29, 0.717) is 11.8 Å². The van der Waals surface area contributed by atoms with Crippen LogP contribution in [0.4, 0.5) is 0 Å². The predicted octanol–water partition coefficient (Wildman–Crippen LogP) is 13.0. The first kappa shape index (κ1) is 32.8. The molecule has 0 fully saturated rings. The Bertz CT molecular complexity index is 2700. The van der Waals surface area contributed by atoms with Gasteiger partial charge in [-0.2, -0.15) is 0 Å². The molecule has 1 aromatic heterocycles. The van der Waals surface area contributed by atoms with Crippen LogP contribution in [0.25, 0.3) is 39.2 Å². The first-order valence-electron chi connectivity index (χ1n) is 19.9. The van der Waals surface area contributed by atoms with E-state index in [9.17, 15) is 0 Å². The topological polar surface area (TPSA) is 35.0 Å². The van der Waals surface area contributed by atoms with Gasteiger partial charge >= 0.3 is 0 Å². The number of benzene rings is 5. The van der Waals surface area contributed by atoms with Crippen molar-refractivity contribution in [3.63, 3.8) is 0 Å². The van der Waals surface area contributed by atoms with Gasteiger partial charge in [0.05, 0.1) is 16.8 Å². The minimum Gasteiger partial charge on any atom is -0.456 e. The van der Waals surface area contributed by atoms with Crippen molar-refractivity contribution in [1.29, 1.82) is 0 Å². The van der Waals surface area contributed by atoms with E-state index in [1.807, 2.05) is 0 Å². The number of nitrogens with zero attached hydrogens (tertiary/aromatic N) is 2. The third-order valence-electron chi connectivity index (χ3n) is 12.4. The van der Waals surface area contributed by atoms with E-state index in [0.717, 1.165) is 71.1 Å². The van der Waals surface area contributed by atoms with Crippen molar-refractivity contribution < 1.29 is 4.74 Å². The highest BCUT2D eigenvalue weighted by Crippen LogP contribution is 2.63. The summed E-state index contributed by atoms with van der Waals surface area (Å²) in [5, 5.41) is 0. The summed E-state index contributed by atoms with van der Waals surface area (Å²) in [7, 11) is 0. The van der Waals surface area contributed by atoms with Crippen LogP contribution in [0.2, 0.25) is 0 Å².